The molecule has 0 saturated heterocycles. The highest BCUT2D eigenvalue weighted by atomic mass is 16.5. The Morgan fingerprint density at radius 1 is 1.15 bits per heavy atom. The van der Waals surface area contributed by atoms with Crippen LogP contribution in [0.4, 0.5) is 0 Å². The van der Waals surface area contributed by atoms with Crippen molar-refractivity contribution in [2.45, 2.75) is 19.3 Å². The quantitative estimate of drug-likeness (QED) is 0.436. The van der Waals surface area contributed by atoms with Gasteiger partial charge in [-0.2, -0.15) is 0 Å². The van der Waals surface area contributed by atoms with Crippen molar-refractivity contribution in [3.63, 3.8) is 0 Å². The van der Waals surface area contributed by atoms with E-state index in [4.69, 9.17) is 9.47 Å². The Labute approximate surface area is 119 Å². The van der Waals surface area contributed by atoms with Gasteiger partial charge in [0.15, 0.2) is 5.41 Å². The summed E-state index contributed by atoms with van der Waals surface area (Å²) in [7, 11) is 2.55. The molecule has 0 fully saturated rings. The van der Waals surface area contributed by atoms with Crippen molar-refractivity contribution in [1.29, 1.82) is 0 Å². The average Bonchev–Trinajstić information content (AvgIpc) is 2.50. The highest BCUT2D eigenvalue weighted by Crippen LogP contribution is 2.32. The summed E-state index contributed by atoms with van der Waals surface area (Å²) in [6, 6.07) is 9.35. The number of ether oxygens (including phenoxy) is 2. The monoisotopic (exact) mass is 276 g/mol. The predicted molar refractivity (Wildman–Crippen MR) is 76.0 cm³/mol. The third-order valence-corrected chi connectivity index (χ3v) is 3.28. The Morgan fingerprint density at radius 3 is 2.15 bits per heavy atom. The van der Waals surface area contributed by atoms with Crippen molar-refractivity contribution >= 4 is 11.9 Å². The molecule has 0 aliphatic heterocycles. The summed E-state index contributed by atoms with van der Waals surface area (Å²) >= 11 is 0. The number of esters is 2. The van der Waals surface area contributed by atoms with Crippen LogP contribution in [0.25, 0.3) is 0 Å². The van der Waals surface area contributed by atoms with Gasteiger partial charge in [0.05, 0.1) is 14.2 Å². The molecule has 0 spiro atoms. The highest BCUT2D eigenvalue weighted by molar-refractivity contribution is 6.00. The van der Waals surface area contributed by atoms with Crippen molar-refractivity contribution in [2.75, 3.05) is 14.2 Å². The fourth-order valence-corrected chi connectivity index (χ4v) is 2.20. The van der Waals surface area contributed by atoms with E-state index in [0.29, 0.717) is 12.8 Å². The molecule has 4 heteroatoms. The zero-order valence-corrected chi connectivity index (χ0v) is 11.9. The van der Waals surface area contributed by atoms with Crippen LogP contribution >= 0.6 is 0 Å². The van der Waals surface area contributed by atoms with Gasteiger partial charge in [-0.05, 0) is 24.8 Å². The van der Waals surface area contributed by atoms with Crippen molar-refractivity contribution < 1.29 is 19.1 Å². The SMILES string of the molecule is C=CCCC(Cc1ccccc1)(C(=O)OC)C(=O)OC. The molecule has 0 unspecified atom stereocenters. The minimum absolute atomic E-state index is 0.251. The molecule has 0 N–H and O–H groups in total. The molecule has 0 amide bonds. The van der Waals surface area contributed by atoms with Crippen LogP contribution in [0.5, 0.6) is 0 Å². The number of methoxy groups -OCH3 is 2. The van der Waals surface area contributed by atoms with Crippen molar-refractivity contribution in [3.8, 4) is 0 Å². The molecule has 0 aliphatic carbocycles. The second-order valence-corrected chi connectivity index (χ2v) is 4.55. The summed E-state index contributed by atoms with van der Waals surface area (Å²) in [4.78, 5) is 24.4. The lowest BCUT2D eigenvalue weighted by Gasteiger charge is -2.28. The van der Waals surface area contributed by atoms with Gasteiger partial charge in [-0.1, -0.05) is 36.4 Å². The molecule has 0 bridgehead atoms. The lowest BCUT2D eigenvalue weighted by molar-refractivity contribution is -0.169. The van der Waals surface area contributed by atoms with Crippen molar-refractivity contribution in [2.24, 2.45) is 5.41 Å². The number of hydrogen-bond donors (Lipinski definition) is 0. The van der Waals surface area contributed by atoms with Crippen LogP contribution in [-0.4, -0.2) is 26.2 Å². The third kappa shape index (κ3) is 3.47. The zero-order valence-electron chi connectivity index (χ0n) is 11.9. The van der Waals surface area contributed by atoms with Crippen LogP contribution < -0.4 is 0 Å². The Hall–Kier alpha value is -2.10. The predicted octanol–water partition coefficient (Wildman–Crippen LogP) is 2.53. The normalized spacial score (nSPS) is 10.7. The minimum atomic E-state index is -1.32. The van der Waals surface area contributed by atoms with E-state index in [0.717, 1.165) is 5.56 Å². The van der Waals surface area contributed by atoms with Crippen LogP contribution in [0.3, 0.4) is 0 Å². The van der Waals surface area contributed by atoms with E-state index >= 15 is 0 Å². The maximum absolute atomic E-state index is 12.2. The third-order valence-electron chi connectivity index (χ3n) is 3.28. The lowest BCUT2D eigenvalue weighted by Crippen LogP contribution is -2.43. The number of carbonyl (C=O) groups is 2. The second kappa shape index (κ2) is 7.48. The summed E-state index contributed by atoms with van der Waals surface area (Å²) in [6.07, 6.45) is 2.76. The molecule has 108 valence electrons. The van der Waals surface area contributed by atoms with Crippen LogP contribution in [0.15, 0.2) is 43.0 Å². The van der Waals surface area contributed by atoms with Gasteiger partial charge < -0.3 is 9.47 Å². The van der Waals surface area contributed by atoms with E-state index in [1.807, 2.05) is 30.3 Å². The van der Waals surface area contributed by atoms with E-state index < -0.39 is 17.4 Å². The molecule has 0 radical (unpaired) electrons. The molecule has 0 heterocycles. The largest absolute Gasteiger partial charge is 0.468 e. The molecule has 0 aromatic heterocycles. The fourth-order valence-electron chi connectivity index (χ4n) is 2.20. The Bertz CT molecular complexity index is 449. The molecule has 0 saturated carbocycles. The van der Waals surface area contributed by atoms with Gasteiger partial charge in [-0.3, -0.25) is 9.59 Å². The summed E-state index contributed by atoms with van der Waals surface area (Å²) < 4.78 is 9.67. The number of hydrogen-bond acceptors (Lipinski definition) is 4. The Morgan fingerprint density at radius 2 is 1.70 bits per heavy atom. The first-order chi connectivity index (χ1) is 9.60. The van der Waals surface area contributed by atoms with Crippen LogP contribution in [0, 0.1) is 5.41 Å². The first kappa shape index (κ1) is 16.0. The van der Waals surface area contributed by atoms with Gasteiger partial charge in [0.25, 0.3) is 0 Å². The van der Waals surface area contributed by atoms with E-state index in [1.54, 1.807) is 6.08 Å². The van der Waals surface area contributed by atoms with Gasteiger partial charge in [0, 0.05) is 0 Å². The maximum Gasteiger partial charge on any atom is 0.323 e. The number of rotatable bonds is 7. The summed E-state index contributed by atoms with van der Waals surface area (Å²) in [5, 5.41) is 0. The number of allylic oxidation sites excluding steroid dienone is 1. The van der Waals surface area contributed by atoms with Crippen LogP contribution in [0.2, 0.25) is 0 Å². The molecular weight excluding hydrogens is 256 g/mol. The van der Waals surface area contributed by atoms with Gasteiger partial charge in [-0.15, -0.1) is 6.58 Å². The highest BCUT2D eigenvalue weighted by Gasteiger charge is 2.47. The van der Waals surface area contributed by atoms with Crippen molar-refractivity contribution in [3.05, 3.63) is 48.6 Å². The molecular formula is C16H20O4. The molecule has 0 aliphatic rings. The molecule has 1 aromatic carbocycles. The number of carbonyl (C=O) groups excluding carboxylic acids is 2. The summed E-state index contributed by atoms with van der Waals surface area (Å²) in [5.74, 6) is -1.15. The van der Waals surface area contributed by atoms with Gasteiger partial charge in [0.1, 0.15) is 0 Å². The average molecular weight is 276 g/mol. The summed E-state index contributed by atoms with van der Waals surface area (Å²) in [6.45, 7) is 3.64. The number of benzene rings is 1. The lowest BCUT2D eigenvalue weighted by atomic mass is 9.77. The van der Waals surface area contributed by atoms with Crippen LogP contribution in [0.1, 0.15) is 18.4 Å². The zero-order chi connectivity index (χ0) is 15.0. The topological polar surface area (TPSA) is 52.6 Å². The standard InChI is InChI=1S/C16H20O4/c1-4-5-11-16(14(17)19-2,15(18)20-3)12-13-9-7-6-8-10-13/h4,6-10H,1,5,11-12H2,2-3H3. The molecule has 1 aromatic rings. The van der Waals surface area contributed by atoms with Gasteiger partial charge in [-0.25, -0.2) is 0 Å². The minimum Gasteiger partial charge on any atom is -0.468 e. The molecule has 0 atom stereocenters. The van der Waals surface area contributed by atoms with Crippen LogP contribution in [-0.2, 0) is 25.5 Å². The van der Waals surface area contributed by atoms with Gasteiger partial charge >= 0.3 is 11.9 Å². The smallest absolute Gasteiger partial charge is 0.323 e. The first-order valence-corrected chi connectivity index (χ1v) is 6.42. The summed E-state index contributed by atoms with van der Waals surface area (Å²) in [5.41, 5.74) is -0.439. The maximum atomic E-state index is 12.2. The van der Waals surface area contributed by atoms with E-state index in [9.17, 15) is 9.59 Å². The second-order valence-electron chi connectivity index (χ2n) is 4.55. The Kier molecular flexibility index (Phi) is 5.97. The fraction of sp³-hybridized carbons (Fsp3) is 0.375. The van der Waals surface area contributed by atoms with Crippen molar-refractivity contribution in [1.82, 2.24) is 0 Å². The van der Waals surface area contributed by atoms with Gasteiger partial charge in [0.2, 0.25) is 0 Å². The van der Waals surface area contributed by atoms with E-state index in [2.05, 4.69) is 6.58 Å². The van der Waals surface area contributed by atoms with E-state index in [1.165, 1.54) is 14.2 Å². The van der Waals surface area contributed by atoms with E-state index in [-0.39, 0.29) is 6.42 Å². The molecule has 4 nitrogen and oxygen atoms in total. The Balaban J connectivity index is 3.17. The molecule has 1 rings (SSSR count). The first-order valence-electron chi connectivity index (χ1n) is 6.42. The molecule has 20 heavy (non-hydrogen) atoms.